The fraction of sp³-hybridized carbons (Fsp3) is 0.615. The van der Waals surface area contributed by atoms with E-state index in [1.165, 1.54) is 10.5 Å². The Morgan fingerprint density at radius 2 is 2.05 bits per heavy atom. The molecule has 1 aromatic heterocycles. The predicted molar refractivity (Wildman–Crippen MR) is 81.5 cm³/mol. The summed E-state index contributed by atoms with van der Waals surface area (Å²) in [6.07, 6.45) is 3.86. The van der Waals surface area contributed by atoms with E-state index in [0.29, 0.717) is 19.0 Å². The maximum Gasteiger partial charge on any atom is 0.244 e. The second kappa shape index (κ2) is 8.03. The van der Waals surface area contributed by atoms with E-state index in [-0.39, 0.29) is 17.3 Å². The van der Waals surface area contributed by atoms with E-state index < -0.39 is 15.8 Å². The third-order valence-electron chi connectivity index (χ3n) is 3.57. The summed E-state index contributed by atoms with van der Waals surface area (Å²) in [5, 5.41) is 3.28. The number of hydrogen-bond acceptors (Lipinski definition) is 4. The Labute approximate surface area is 131 Å². The molecule has 120 valence electrons. The van der Waals surface area contributed by atoms with Crippen LogP contribution in [0.2, 0.25) is 0 Å². The van der Waals surface area contributed by atoms with Crippen LogP contribution in [0.15, 0.2) is 23.4 Å². The molecule has 1 saturated heterocycles. The van der Waals surface area contributed by atoms with Crippen molar-refractivity contribution in [2.24, 2.45) is 5.92 Å². The summed E-state index contributed by atoms with van der Waals surface area (Å²) in [5.74, 6) is -0.125. The van der Waals surface area contributed by atoms with Gasteiger partial charge in [-0.3, -0.25) is 4.98 Å². The van der Waals surface area contributed by atoms with Crippen LogP contribution in [0.1, 0.15) is 19.8 Å². The Balaban J connectivity index is 0.00000220. The van der Waals surface area contributed by atoms with Crippen LogP contribution in [0.3, 0.4) is 0 Å². The molecule has 0 bridgehead atoms. The molecule has 1 aliphatic heterocycles. The normalized spacial score (nSPS) is 17.4. The van der Waals surface area contributed by atoms with Crippen LogP contribution >= 0.6 is 12.4 Å². The summed E-state index contributed by atoms with van der Waals surface area (Å²) in [4.78, 5) is 3.54. The molecule has 2 rings (SSSR count). The van der Waals surface area contributed by atoms with Crippen LogP contribution < -0.4 is 5.32 Å². The summed E-state index contributed by atoms with van der Waals surface area (Å²) >= 11 is 0. The van der Waals surface area contributed by atoms with Crippen molar-refractivity contribution in [2.45, 2.75) is 24.7 Å². The monoisotopic (exact) mass is 337 g/mol. The molecule has 21 heavy (non-hydrogen) atoms. The van der Waals surface area contributed by atoms with Crippen molar-refractivity contribution in [1.29, 1.82) is 0 Å². The minimum Gasteiger partial charge on any atom is -0.317 e. The van der Waals surface area contributed by atoms with Crippen molar-refractivity contribution in [2.75, 3.05) is 26.2 Å². The van der Waals surface area contributed by atoms with E-state index in [1.807, 2.05) is 0 Å². The number of hydrogen-bond donors (Lipinski definition) is 1. The molecule has 0 amide bonds. The minimum absolute atomic E-state index is 0. The molecule has 5 nitrogen and oxygen atoms in total. The first-order valence-electron chi connectivity index (χ1n) is 6.85. The van der Waals surface area contributed by atoms with E-state index in [9.17, 15) is 12.8 Å². The zero-order valence-electron chi connectivity index (χ0n) is 12.0. The molecule has 1 fully saturated rings. The van der Waals surface area contributed by atoms with E-state index in [1.54, 1.807) is 0 Å². The number of nitrogens with zero attached hydrogens (tertiary/aromatic N) is 2. The Morgan fingerprint density at radius 1 is 1.38 bits per heavy atom. The summed E-state index contributed by atoms with van der Waals surface area (Å²) in [6.45, 7) is 4.86. The van der Waals surface area contributed by atoms with Crippen LogP contribution in [0.5, 0.6) is 0 Å². The largest absolute Gasteiger partial charge is 0.317 e. The number of sulfonamides is 1. The van der Waals surface area contributed by atoms with Gasteiger partial charge in [0, 0.05) is 19.3 Å². The Bertz CT molecular complexity index is 548. The van der Waals surface area contributed by atoms with Gasteiger partial charge in [0.05, 0.1) is 6.20 Å². The van der Waals surface area contributed by atoms with Crippen molar-refractivity contribution in [3.63, 3.8) is 0 Å². The number of nitrogens with one attached hydrogen (secondary N) is 1. The van der Waals surface area contributed by atoms with E-state index >= 15 is 0 Å². The number of halogens is 2. The first-order chi connectivity index (χ1) is 9.54. The van der Waals surface area contributed by atoms with E-state index in [4.69, 9.17) is 0 Å². The van der Waals surface area contributed by atoms with Crippen molar-refractivity contribution in [3.05, 3.63) is 24.3 Å². The third-order valence-corrected chi connectivity index (χ3v) is 5.44. The fourth-order valence-corrected chi connectivity index (χ4v) is 3.83. The van der Waals surface area contributed by atoms with Gasteiger partial charge in [-0.05, 0) is 37.9 Å². The molecule has 0 atom stereocenters. The van der Waals surface area contributed by atoms with Crippen LogP contribution in [-0.2, 0) is 10.0 Å². The molecule has 1 aromatic rings. The molecule has 0 spiro atoms. The molecular formula is C13H21ClFN3O2S. The van der Waals surface area contributed by atoms with Crippen LogP contribution in [-0.4, -0.2) is 43.9 Å². The molecule has 0 unspecified atom stereocenters. The number of piperidine rings is 1. The fourth-order valence-electron chi connectivity index (χ4n) is 2.38. The van der Waals surface area contributed by atoms with Gasteiger partial charge < -0.3 is 5.32 Å². The molecule has 2 heterocycles. The topological polar surface area (TPSA) is 62.3 Å². The van der Waals surface area contributed by atoms with E-state index in [2.05, 4.69) is 17.2 Å². The summed E-state index contributed by atoms with van der Waals surface area (Å²) < 4.78 is 39.3. The van der Waals surface area contributed by atoms with Gasteiger partial charge in [-0.2, -0.15) is 4.31 Å². The lowest BCUT2D eigenvalue weighted by Crippen LogP contribution is -2.40. The highest BCUT2D eigenvalue weighted by atomic mass is 35.5. The van der Waals surface area contributed by atoms with Crippen LogP contribution in [0.4, 0.5) is 4.39 Å². The van der Waals surface area contributed by atoms with Gasteiger partial charge in [-0.1, -0.05) is 6.92 Å². The van der Waals surface area contributed by atoms with Gasteiger partial charge in [0.2, 0.25) is 10.0 Å². The molecular weight excluding hydrogens is 317 g/mol. The molecule has 8 heteroatoms. The SMILES string of the molecule is CCNCC1CCN(S(=O)(=O)c2cncc(F)c2)CC1.Cl. The van der Waals surface area contributed by atoms with Gasteiger partial charge in [0.25, 0.3) is 0 Å². The minimum atomic E-state index is -3.62. The van der Waals surface area contributed by atoms with Gasteiger partial charge in [0.1, 0.15) is 10.7 Å². The quantitative estimate of drug-likeness (QED) is 0.887. The molecule has 1 N–H and O–H groups in total. The zero-order valence-corrected chi connectivity index (χ0v) is 13.6. The highest BCUT2D eigenvalue weighted by molar-refractivity contribution is 7.89. The highest BCUT2D eigenvalue weighted by Crippen LogP contribution is 2.23. The second-order valence-electron chi connectivity index (χ2n) is 4.99. The first-order valence-corrected chi connectivity index (χ1v) is 8.29. The molecule has 0 aromatic carbocycles. The summed E-state index contributed by atoms with van der Waals surface area (Å²) in [5.41, 5.74) is 0. The molecule has 0 radical (unpaired) electrons. The van der Waals surface area contributed by atoms with Gasteiger partial charge in [0.15, 0.2) is 0 Å². The van der Waals surface area contributed by atoms with E-state index in [0.717, 1.165) is 38.2 Å². The zero-order chi connectivity index (χ0) is 14.6. The lowest BCUT2D eigenvalue weighted by Gasteiger charge is -2.31. The number of pyridine rings is 1. The maximum atomic E-state index is 13.1. The van der Waals surface area contributed by atoms with Crippen LogP contribution in [0, 0.1) is 11.7 Å². The summed E-state index contributed by atoms with van der Waals surface area (Å²) in [7, 11) is -3.62. The maximum absolute atomic E-state index is 13.1. The number of aromatic nitrogens is 1. The van der Waals surface area contributed by atoms with Crippen molar-refractivity contribution in [1.82, 2.24) is 14.6 Å². The lowest BCUT2D eigenvalue weighted by atomic mass is 9.98. The average molecular weight is 338 g/mol. The van der Waals surface area contributed by atoms with Gasteiger partial charge >= 0.3 is 0 Å². The van der Waals surface area contributed by atoms with Crippen molar-refractivity contribution in [3.8, 4) is 0 Å². The molecule has 0 aliphatic carbocycles. The van der Waals surface area contributed by atoms with Crippen LogP contribution in [0.25, 0.3) is 0 Å². The second-order valence-corrected chi connectivity index (χ2v) is 6.93. The van der Waals surface area contributed by atoms with Gasteiger partial charge in [-0.15, -0.1) is 12.4 Å². The van der Waals surface area contributed by atoms with Crippen molar-refractivity contribution < 1.29 is 12.8 Å². The Hall–Kier alpha value is -0.760. The highest BCUT2D eigenvalue weighted by Gasteiger charge is 2.29. The molecule has 0 saturated carbocycles. The van der Waals surface area contributed by atoms with Crippen molar-refractivity contribution >= 4 is 22.4 Å². The summed E-state index contributed by atoms with van der Waals surface area (Å²) in [6, 6.07) is 1.02. The smallest absolute Gasteiger partial charge is 0.244 e. The lowest BCUT2D eigenvalue weighted by molar-refractivity contribution is 0.268. The third kappa shape index (κ3) is 4.60. The number of rotatable bonds is 5. The molecule has 1 aliphatic rings. The Kier molecular flexibility index (Phi) is 6.99. The Morgan fingerprint density at radius 3 is 2.62 bits per heavy atom. The predicted octanol–water partition coefficient (Wildman–Crippen LogP) is 1.65. The first kappa shape index (κ1) is 18.3. The standard InChI is InChI=1S/C13H20FN3O2S.ClH/c1-2-15-8-11-3-5-17(6-4-11)20(18,19)13-7-12(14)9-16-10-13;/h7,9-11,15H,2-6,8H2,1H3;1H. The van der Waals surface area contributed by atoms with Gasteiger partial charge in [-0.25, -0.2) is 12.8 Å². The average Bonchev–Trinajstić information content (AvgIpc) is 2.45.